The fraction of sp³-hybridized carbons (Fsp3) is 0.360. The lowest BCUT2D eigenvalue weighted by molar-refractivity contribution is -0.118. The smallest absolute Gasteiger partial charge is 0.336 e. The van der Waals surface area contributed by atoms with Crippen LogP contribution in [0.5, 0.6) is 5.75 Å². The number of hydrogen-bond donors (Lipinski definition) is 1. The van der Waals surface area contributed by atoms with E-state index in [4.69, 9.17) is 9.15 Å². The SMILES string of the molecule is CCCc1cc(=O)oc2cc(OCC(=O)Nc3cccc(S(=O)(=O)N4CCCCC4)c3)ccc12. The molecule has 1 saturated heterocycles. The van der Waals surface area contributed by atoms with Crippen molar-refractivity contribution < 1.29 is 22.4 Å². The Morgan fingerprint density at radius 2 is 1.88 bits per heavy atom. The lowest BCUT2D eigenvalue weighted by Gasteiger charge is -2.26. The lowest BCUT2D eigenvalue weighted by Crippen LogP contribution is -2.35. The van der Waals surface area contributed by atoms with Crippen molar-refractivity contribution >= 4 is 32.6 Å². The maximum absolute atomic E-state index is 12.9. The molecule has 1 aliphatic rings. The second-order valence-corrected chi connectivity index (χ2v) is 10.3. The quantitative estimate of drug-likeness (QED) is 0.486. The number of rotatable bonds is 8. The number of aryl methyl sites for hydroxylation is 1. The number of sulfonamides is 1. The first-order chi connectivity index (χ1) is 16.4. The van der Waals surface area contributed by atoms with Crippen molar-refractivity contribution in [3.8, 4) is 5.75 Å². The molecule has 1 N–H and O–H groups in total. The molecule has 2 heterocycles. The molecule has 3 aromatic rings. The number of ether oxygens (including phenoxy) is 1. The molecule has 0 saturated carbocycles. The maximum atomic E-state index is 12.9. The highest BCUT2D eigenvalue weighted by molar-refractivity contribution is 7.89. The van der Waals surface area contributed by atoms with Crippen LogP contribution >= 0.6 is 0 Å². The fourth-order valence-electron chi connectivity index (χ4n) is 4.11. The predicted molar refractivity (Wildman–Crippen MR) is 130 cm³/mol. The first kappa shape index (κ1) is 24.0. The molecule has 0 aliphatic carbocycles. The number of nitrogens with zero attached hydrogens (tertiary/aromatic N) is 1. The van der Waals surface area contributed by atoms with Gasteiger partial charge < -0.3 is 14.5 Å². The summed E-state index contributed by atoms with van der Waals surface area (Å²) >= 11 is 0. The fourth-order valence-corrected chi connectivity index (χ4v) is 5.67. The van der Waals surface area contributed by atoms with Gasteiger partial charge in [0.05, 0.1) is 4.90 Å². The second-order valence-electron chi connectivity index (χ2n) is 8.33. The number of hydrogen-bond acceptors (Lipinski definition) is 6. The molecule has 2 aromatic carbocycles. The Morgan fingerprint density at radius 3 is 2.65 bits per heavy atom. The van der Waals surface area contributed by atoms with Crippen LogP contribution in [0.25, 0.3) is 11.0 Å². The summed E-state index contributed by atoms with van der Waals surface area (Å²) in [6.45, 7) is 2.78. The summed E-state index contributed by atoms with van der Waals surface area (Å²) in [5, 5.41) is 3.52. The van der Waals surface area contributed by atoms with Gasteiger partial charge in [0, 0.05) is 36.3 Å². The van der Waals surface area contributed by atoms with Gasteiger partial charge in [0.15, 0.2) is 6.61 Å². The predicted octanol–water partition coefficient (Wildman–Crippen LogP) is 3.94. The van der Waals surface area contributed by atoms with E-state index in [1.54, 1.807) is 24.3 Å². The first-order valence-electron chi connectivity index (χ1n) is 11.5. The topological polar surface area (TPSA) is 106 Å². The van der Waals surface area contributed by atoms with Crippen molar-refractivity contribution in [2.75, 3.05) is 25.0 Å². The minimum atomic E-state index is -3.59. The van der Waals surface area contributed by atoms with Crippen molar-refractivity contribution in [1.29, 1.82) is 0 Å². The van der Waals surface area contributed by atoms with Gasteiger partial charge in [-0.1, -0.05) is 25.8 Å². The van der Waals surface area contributed by atoms with Crippen LogP contribution in [0.1, 0.15) is 38.2 Å². The van der Waals surface area contributed by atoms with Crippen LogP contribution in [0.15, 0.2) is 62.6 Å². The molecule has 0 unspecified atom stereocenters. The van der Waals surface area contributed by atoms with E-state index in [2.05, 4.69) is 5.32 Å². The monoisotopic (exact) mass is 484 g/mol. The van der Waals surface area contributed by atoms with E-state index in [1.165, 1.54) is 22.5 Å². The van der Waals surface area contributed by atoms with E-state index in [0.29, 0.717) is 30.1 Å². The minimum Gasteiger partial charge on any atom is -0.484 e. The van der Waals surface area contributed by atoms with Gasteiger partial charge in [-0.25, -0.2) is 13.2 Å². The summed E-state index contributed by atoms with van der Waals surface area (Å²) in [5.74, 6) is -0.0466. The number of anilines is 1. The number of carbonyl (C=O) groups is 1. The van der Waals surface area contributed by atoms with Crippen molar-refractivity contribution in [2.45, 2.75) is 43.9 Å². The Labute approximate surface area is 198 Å². The van der Waals surface area contributed by atoms with Crippen LogP contribution < -0.4 is 15.7 Å². The number of carbonyl (C=O) groups excluding carboxylic acids is 1. The molecule has 0 radical (unpaired) electrons. The van der Waals surface area contributed by atoms with E-state index < -0.39 is 21.6 Å². The normalized spacial score (nSPS) is 14.7. The van der Waals surface area contributed by atoms with E-state index in [0.717, 1.165) is 43.1 Å². The van der Waals surface area contributed by atoms with Gasteiger partial charge in [-0.3, -0.25) is 4.79 Å². The Morgan fingerprint density at radius 1 is 1.09 bits per heavy atom. The van der Waals surface area contributed by atoms with Crippen LogP contribution in [0.4, 0.5) is 5.69 Å². The Kier molecular flexibility index (Phi) is 7.33. The van der Waals surface area contributed by atoms with Gasteiger partial charge in [0.1, 0.15) is 11.3 Å². The van der Waals surface area contributed by atoms with E-state index >= 15 is 0 Å². The van der Waals surface area contributed by atoms with Crippen LogP contribution in [0.2, 0.25) is 0 Å². The molecule has 1 aromatic heterocycles. The summed E-state index contributed by atoms with van der Waals surface area (Å²) in [6.07, 6.45) is 4.40. The summed E-state index contributed by atoms with van der Waals surface area (Å²) in [6, 6.07) is 12.9. The molecule has 9 heteroatoms. The zero-order valence-electron chi connectivity index (χ0n) is 19.1. The summed E-state index contributed by atoms with van der Waals surface area (Å²) in [7, 11) is -3.59. The van der Waals surface area contributed by atoms with E-state index in [1.807, 2.05) is 13.0 Å². The Bertz CT molecular complexity index is 1340. The third kappa shape index (κ3) is 5.48. The number of fused-ring (bicyclic) bond motifs is 1. The summed E-state index contributed by atoms with van der Waals surface area (Å²) in [4.78, 5) is 24.4. The molecule has 4 rings (SSSR count). The van der Waals surface area contributed by atoms with Crippen molar-refractivity contribution in [2.24, 2.45) is 0 Å². The molecule has 0 atom stereocenters. The van der Waals surface area contributed by atoms with Crippen molar-refractivity contribution in [3.63, 3.8) is 0 Å². The highest BCUT2D eigenvalue weighted by Gasteiger charge is 2.26. The number of piperidine rings is 1. The molecule has 1 amide bonds. The number of amides is 1. The van der Waals surface area contributed by atoms with E-state index in [-0.39, 0.29) is 11.5 Å². The van der Waals surface area contributed by atoms with Gasteiger partial charge in [0.25, 0.3) is 5.91 Å². The average Bonchev–Trinajstić information content (AvgIpc) is 2.83. The number of benzene rings is 2. The average molecular weight is 485 g/mol. The molecule has 1 fully saturated rings. The highest BCUT2D eigenvalue weighted by Crippen LogP contribution is 2.25. The molecule has 8 nitrogen and oxygen atoms in total. The van der Waals surface area contributed by atoms with Crippen LogP contribution in [0.3, 0.4) is 0 Å². The second kappa shape index (κ2) is 10.4. The Balaban J connectivity index is 1.42. The third-order valence-corrected chi connectivity index (χ3v) is 7.66. The first-order valence-corrected chi connectivity index (χ1v) is 12.9. The van der Waals surface area contributed by atoms with Crippen molar-refractivity contribution in [3.05, 3.63) is 64.5 Å². The molecular weight excluding hydrogens is 456 g/mol. The number of nitrogens with one attached hydrogen (secondary N) is 1. The zero-order valence-corrected chi connectivity index (χ0v) is 19.9. The molecule has 0 bridgehead atoms. The minimum absolute atomic E-state index is 0.153. The molecule has 34 heavy (non-hydrogen) atoms. The van der Waals surface area contributed by atoms with Gasteiger partial charge >= 0.3 is 5.63 Å². The molecule has 0 spiro atoms. The highest BCUT2D eigenvalue weighted by atomic mass is 32.2. The van der Waals surface area contributed by atoms with Gasteiger partial charge in [-0.05, 0) is 55.2 Å². The standard InChI is InChI=1S/C25H28N2O6S/c1-2-7-18-14-25(29)33-23-16-20(10-11-22(18)23)32-17-24(28)26-19-8-6-9-21(15-19)34(30,31)27-12-4-3-5-13-27/h6,8-11,14-16H,2-5,7,12-13,17H2,1H3,(H,26,28). The van der Waals surface area contributed by atoms with Crippen molar-refractivity contribution in [1.82, 2.24) is 4.31 Å². The van der Waals surface area contributed by atoms with Gasteiger partial charge in [-0.2, -0.15) is 4.31 Å². The Hall–Kier alpha value is -3.17. The van der Waals surface area contributed by atoms with E-state index in [9.17, 15) is 18.0 Å². The molecule has 1 aliphatic heterocycles. The molecular formula is C25H28N2O6S. The maximum Gasteiger partial charge on any atom is 0.336 e. The van der Waals surface area contributed by atoms with Crippen LogP contribution in [-0.4, -0.2) is 38.3 Å². The third-order valence-electron chi connectivity index (χ3n) is 5.76. The molecule has 180 valence electrons. The summed E-state index contributed by atoms with van der Waals surface area (Å²) < 4.78 is 38.1. The summed E-state index contributed by atoms with van der Waals surface area (Å²) in [5.41, 5.74) is 1.27. The largest absolute Gasteiger partial charge is 0.484 e. The van der Waals surface area contributed by atoms with Gasteiger partial charge in [0.2, 0.25) is 10.0 Å². The van der Waals surface area contributed by atoms with Crippen LogP contribution in [0, 0.1) is 0 Å². The van der Waals surface area contributed by atoms with Gasteiger partial charge in [-0.15, -0.1) is 0 Å². The zero-order chi connectivity index (χ0) is 24.1. The van der Waals surface area contributed by atoms with Crippen LogP contribution in [-0.2, 0) is 21.2 Å². The lowest BCUT2D eigenvalue weighted by atomic mass is 10.1.